The second-order valence-electron chi connectivity index (χ2n) is 4.87. The van der Waals surface area contributed by atoms with E-state index in [4.69, 9.17) is 4.42 Å². The van der Waals surface area contributed by atoms with Crippen LogP contribution in [0, 0.1) is 0 Å². The van der Waals surface area contributed by atoms with Gasteiger partial charge in [0.1, 0.15) is 6.10 Å². The average Bonchev–Trinajstić information content (AvgIpc) is 2.76. The molecule has 3 rings (SSSR count). The van der Waals surface area contributed by atoms with Crippen LogP contribution < -0.4 is 5.32 Å². The largest absolute Gasteiger partial charge is 0.457 e. The number of aliphatic hydroxyl groups excluding tert-OH is 1. The fourth-order valence-electron chi connectivity index (χ4n) is 2.44. The second kappa shape index (κ2) is 5.42. The van der Waals surface area contributed by atoms with Crippen molar-refractivity contribution in [3.05, 3.63) is 51.9 Å². The fraction of sp³-hybridized carbons (Fsp3) is 0.267. The summed E-state index contributed by atoms with van der Waals surface area (Å²) in [5.41, 5.74) is 3.39. The lowest BCUT2D eigenvalue weighted by Crippen LogP contribution is -2.09. The Balaban J connectivity index is 1.94. The van der Waals surface area contributed by atoms with Crippen molar-refractivity contribution >= 4 is 27.5 Å². The van der Waals surface area contributed by atoms with E-state index in [0.717, 1.165) is 29.7 Å². The molecule has 1 aromatic heterocycles. The minimum absolute atomic E-state index is 0.0506. The topological polar surface area (TPSA) is 62.5 Å². The third-order valence-corrected chi connectivity index (χ3v) is 4.15. The minimum Gasteiger partial charge on any atom is -0.457 e. The molecule has 20 heavy (non-hydrogen) atoms. The van der Waals surface area contributed by atoms with E-state index in [2.05, 4.69) is 21.2 Å². The molecule has 0 fully saturated rings. The number of aryl methyl sites for hydroxylation is 1. The number of halogens is 1. The van der Waals surface area contributed by atoms with Crippen molar-refractivity contribution in [1.29, 1.82) is 0 Å². The van der Waals surface area contributed by atoms with E-state index in [0.29, 0.717) is 16.7 Å². The molecule has 1 aliphatic rings. The Bertz CT molecular complexity index is 650. The Labute approximate surface area is 124 Å². The van der Waals surface area contributed by atoms with Crippen LogP contribution in [0.3, 0.4) is 0 Å². The van der Waals surface area contributed by atoms with Gasteiger partial charge in [-0.05, 0) is 52.0 Å². The number of hydrogen-bond donors (Lipinski definition) is 2. The molecule has 2 N–H and O–H groups in total. The lowest BCUT2D eigenvalue weighted by molar-refractivity contribution is -0.116. The van der Waals surface area contributed by atoms with Crippen LogP contribution in [0.15, 0.2) is 39.6 Å². The van der Waals surface area contributed by atoms with Crippen LogP contribution in [0.2, 0.25) is 0 Å². The van der Waals surface area contributed by atoms with Crippen LogP contribution in [-0.2, 0) is 11.2 Å². The Kier molecular flexibility index (Phi) is 3.63. The normalized spacial score (nSPS) is 16.2. The zero-order valence-electron chi connectivity index (χ0n) is 10.7. The summed E-state index contributed by atoms with van der Waals surface area (Å²) in [5.74, 6) is 0.0506. The third-order valence-electron chi connectivity index (χ3n) is 3.51. The molecule has 1 aliphatic heterocycles. The van der Waals surface area contributed by atoms with Crippen LogP contribution >= 0.6 is 15.9 Å². The molecule has 0 spiro atoms. The fourth-order valence-corrected chi connectivity index (χ4v) is 2.90. The Morgan fingerprint density at radius 3 is 2.90 bits per heavy atom. The number of aliphatic hydroxyl groups is 1. The van der Waals surface area contributed by atoms with Crippen molar-refractivity contribution in [2.45, 2.75) is 25.4 Å². The zero-order chi connectivity index (χ0) is 14.1. The molecule has 1 aromatic carbocycles. The van der Waals surface area contributed by atoms with Crippen LogP contribution in [0.25, 0.3) is 0 Å². The quantitative estimate of drug-likeness (QED) is 0.884. The molecule has 2 heterocycles. The SMILES string of the molecule is O=C1CCCc2cc(C(O)c3ccoc3Br)ccc2N1. The summed E-state index contributed by atoms with van der Waals surface area (Å²) < 4.78 is 5.69. The maximum absolute atomic E-state index is 11.5. The Morgan fingerprint density at radius 1 is 1.30 bits per heavy atom. The molecule has 0 bridgehead atoms. The van der Waals surface area contributed by atoms with Gasteiger partial charge in [-0.2, -0.15) is 0 Å². The predicted molar refractivity (Wildman–Crippen MR) is 78.5 cm³/mol. The number of nitrogens with one attached hydrogen (secondary N) is 1. The number of hydrogen-bond acceptors (Lipinski definition) is 3. The van der Waals surface area contributed by atoms with E-state index in [1.165, 1.54) is 6.26 Å². The van der Waals surface area contributed by atoms with Gasteiger partial charge in [-0.3, -0.25) is 4.79 Å². The Hall–Kier alpha value is -1.59. The predicted octanol–water partition coefficient (Wildman–Crippen LogP) is 3.40. The summed E-state index contributed by atoms with van der Waals surface area (Å²) in [7, 11) is 0. The lowest BCUT2D eigenvalue weighted by Gasteiger charge is -2.13. The maximum atomic E-state index is 11.5. The molecule has 2 aromatic rings. The highest BCUT2D eigenvalue weighted by Crippen LogP contribution is 2.32. The first kappa shape index (κ1) is 13.4. The molecule has 0 aliphatic carbocycles. The van der Waals surface area contributed by atoms with Crippen molar-refractivity contribution in [3.8, 4) is 0 Å². The van der Waals surface area contributed by atoms with Crippen molar-refractivity contribution in [1.82, 2.24) is 0 Å². The summed E-state index contributed by atoms with van der Waals surface area (Å²) in [4.78, 5) is 11.5. The van der Waals surface area contributed by atoms with Gasteiger partial charge in [0.05, 0.1) is 6.26 Å². The zero-order valence-corrected chi connectivity index (χ0v) is 12.3. The van der Waals surface area contributed by atoms with Gasteiger partial charge in [0.15, 0.2) is 4.67 Å². The smallest absolute Gasteiger partial charge is 0.224 e. The molecule has 5 heteroatoms. The van der Waals surface area contributed by atoms with Crippen LogP contribution in [0.5, 0.6) is 0 Å². The number of anilines is 1. The second-order valence-corrected chi connectivity index (χ2v) is 5.59. The monoisotopic (exact) mass is 335 g/mol. The Morgan fingerprint density at radius 2 is 2.15 bits per heavy atom. The van der Waals surface area contributed by atoms with Gasteiger partial charge in [0.2, 0.25) is 5.91 Å². The number of rotatable bonds is 2. The molecule has 0 saturated heterocycles. The van der Waals surface area contributed by atoms with E-state index in [9.17, 15) is 9.90 Å². The molecule has 1 atom stereocenters. The van der Waals surface area contributed by atoms with Crippen LogP contribution in [-0.4, -0.2) is 11.0 Å². The van der Waals surface area contributed by atoms with Crippen molar-refractivity contribution in [2.75, 3.05) is 5.32 Å². The molecule has 104 valence electrons. The van der Waals surface area contributed by atoms with Crippen molar-refractivity contribution in [2.24, 2.45) is 0 Å². The molecular formula is C15H14BrNO3. The van der Waals surface area contributed by atoms with E-state index in [-0.39, 0.29) is 5.91 Å². The number of amides is 1. The summed E-state index contributed by atoms with van der Waals surface area (Å²) in [5, 5.41) is 13.3. The summed E-state index contributed by atoms with van der Waals surface area (Å²) in [6.45, 7) is 0. The van der Waals surface area contributed by atoms with E-state index in [1.54, 1.807) is 6.07 Å². The molecule has 0 radical (unpaired) electrons. The highest BCUT2D eigenvalue weighted by molar-refractivity contribution is 9.10. The third kappa shape index (κ3) is 2.51. The number of fused-ring (bicyclic) bond motifs is 1. The highest BCUT2D eigenvalue weighted by Gasteiger charge is 2.19. The summed E-state index contributed by atoms with van der Waals surface area (Å²) >= 11 is 3.28. The van der Waals surface area contributed by atoms with Gasteiger partial charge in [0, 0.05) is 17.7 Å². The van der Waals surface area contributed by atoms with Gasteiger partial charge in [-0.25, -0.2) is 0 Å². The van der Waals surface area contributed by atoms with Gasteiger partial charge in [0.25, 0.3) is 0 Å². The van der Waals surface area contributed by atoms with E-state index in [1.807, 2.05) is 18.2 Å². The van der Waals surface area contributed by atoms with Crippen LogP contribution in [0.4, 0.5) is 5.69 Å². The van der Waals surface area contributed by atoms with Gasteiger partial charge in [-0.1, -0.05) is 12.1 Å². The number of carbonyl (C=O) groups excluding carboxylic acids is 1. The van der Waals surface area contributed by atoms with E-state index >= 15 is 0 Å². The average molecular weight is 336 g/mol. The van der Waals surface area contributed by atoms with Crippen LogP contribution in [0.1, 0.15) is 35.6 Å². The minimum atomic E-state index is -0.743. The van der Waals surface area contributed by atoms with Gasteiger partial charge < -0.3 is 14.8 Å². The first-order chi connectivity index (χ1) is 9.65. The molecule has 1 unspecified atom stereocenters. The molecule has 4 nitrogen and oxygen atoms in total. The lowest BCUT2D eigenvalue weighted by atomic mass is 9.99. The first-order valence-corrected chi connectivity index (χ1v) is 7.28. The number of furan rings is 1. The summed E-state index contributed by atoms with van der Waals surface area (Å²) in [6, 6.07) is 7.37. The highest BCUT2D eigenvalue weighted by atomic mass is 79.9. The van der Waals surface area contributed by atoms with Gasteiger partial charge in [-0.15, -0.1) is 0 Å². The van der Waals surface area contributed by atoms with Crippen molar-refractivity contribution < 1.29 is 14.3 Å². The maximum Gasteiger partial charge on any atom is 0.224 e. The number of benzene rings is 1. The first-order valence-electron chi connectivity index (χ1n) is 6.49. The molecule has 0 saturated carbocycles. The van der Waals surface area contributed by atoms with E-state index < -0.39 is 6.10 Å². The molecule has 1 amide bonds. The van der Waals surface area contributed by atoms with Crippen molar-refractivity contribution in [3.63, 3.8) is 0 Å². The van der Waals surface area contributed by atoms with Gasteiger partial charge >= 0.3 is 0 Å². The summed E-state index contributed by atoms with van der Waals surface area (Å²) in [6.07, 6.45) is 2.99. The standard InChI is InChI=1S/C15H14BrNO3/c16-15-11(6-7-20-15)14(19)10-4-5-12-9(8-10)2-1-3-13(18)17-12/h4-8,14,19H,1-3H2,(H,17,18). The number of carbonyl (C=O) groups is 1. The molecular weight excluding hydrogens is 322 g/mol.